The lowest BCUT2D eigenvalue weighted by molar-refractivity contribution is 0.121. The molecular weight excluding hydrogens is 312 g/mol. The van der Waals surface area contributed by atoms with Crippen molar-refractivity contribution >= 4 is 26.7 Å². The van der Waals surface area contributed by atoms with Crippen LogP contribution in [0.15, 0.2) is 40.9 Å². The molecule has 1 saturated carbocycles. The minimum absolute atomic E-state index is 0.381. The molecule has 0 aliphatic heterocycles. The van der Waals surface area contributed by atoms with Gasteiger partial charge in [-0.05, 0) is 57.9 Å². The van der Waals surface area contributed by atoms with Gasteiger partial charge in [0.05, 0.1) is 10.6 Å². The summed E-state index contributed by atoms with van der Waals surface area (Å²) >= 11 is 3.72. The van der Waals surface area contributed by atoms with E-state index in [0.29, 0.717) is 6.10 Å². The molecule has 2 aromatic carbocycles. The molecule has 0 spiro atoms. The van der Waals surface area contributed by atoms with E-state index >= 15 is 0 Å². The van der Waals surface area contributed by atoms with Gasteiger partial charge in [0, 0.05) is 0 Å². The first kappa shape index (κ1) is 13.9. The molecule has 2 heteroatoms. The number of fused-ring (bicyclic) bond motifs is 1. The van der Waals surface area contributed by atoms with Crippen molar-refractivity contribution in [1.29, 1.82) is 0 Å². The number of halogens is 1. The van der Waals surface area contributed by atoms with E-state index in [2.05, 4.69) is 59.3 Å². The molecule has 2 aromatic rings. The zero-order valence-electron chi connectivity index (χ0n) is 11.9. The molecule has 1 nitrogen and oxygen atoms in total. The summed E-state index contributed by atoms with van der Waals surface area (Å²) in [6.07, 6.45) is 6.72. The minimum Gasteiger partial charge on any atom is -0.489 e. The summed E-state index contributed by atoms with van der Waals surface area (Å²) in [4.78, 5) is 0. The summed E-state index contributed by atoms with van der Waals surface area (Å²) in [6.45, 7) is 2.29. The van der Waals surface area contributed by atoms with Crippen LogP contribution in [0.4, 0.5) is 0 Å². The third kappa shape index (κ3) is 2.85. The van der Waals surface area contributed by atoms with Crippen LogP contribution in [-0.2, 0) is 0 Å². The summed E-state index contributed by atoms with van der Waals surface area (Å²) in [5.41, 5.74) is 0. The van der Waals surface area contributed by atoms with Crippen LogP contribution in [0.25, 0.3) is 10.8 Å². The standard InChI is InChI=1S/C18H21BrO/c1-2-13-6-5-8-15(12-13)20-17-11-10-14-7-3-4-9-16(14)18(17)19/h3-4,7,9-11,13,15H,2,5-6,8,12H2,1H3. The Bertz CT molecular complexity index is 593. The minimum atomic E-state index is 0.381. The third-order valence-corrected chi connectivity index (χ3v) is 5.25. The number of ether oxygens (including phenoxy) is 1. The molecule has 1 fully saturated rings. The van der Waals surface area contributed by atoms with E-state index in [-0.39, 0.29) is 0 Å². The number of benzene rings is 2. The highest BCUT2D eigenvalue weighted by Gasteiger charge is 2.22. The van der Waals surface area contributed by atoms with E-state index in [4.69, 9.17) is 4.74 Å². The molecule has 0 heterocycles. The van der Waals surface area contributed by atoms with E-state index in [1.54, 1.807) is 0 Å². The van der Waals surface area contributed by atoms with Crippen molar-refractivity contribution < 1.29 is 4.74 Å². The fourth-order valence-electron chi connectivity index (χ4n) is 3.20. The smallest absolute Gasteiger partial charge is 0.134 e. The van der Waals surface area contributed by atoms with Gasteiger partial charge in [-0.1, -0.05) is 50.1 Å². The van der Waals surface area contributed by atoms with Crippen LogP contribution in [0.1, 0.15) is 39.0 Å². The van der Waals surface area contributed by atoms with E-state index in [0.717, 1.165) is 16.1 Å². The predicted molar refractivity (Wildman–Crippen MR) is 88.3 cm³/mol. The molecule has 1 aliphatic rings. The highest BCUT2D eigenvalue weighted by Crippen LogP contribution is 2.36. The summed E-state index contributed by atoms with van der Waals surface area (Å²) in [5.74, 6) is 1.83. The zero-order valence-corrected chi connectivity index (χ0v) is 13.5. The van der Waals surface area contributed by atoms with E-state index in [1.165, 1.54) is 42.9 Å². The summed E-state index contributed by atoms with van der Waals surface area (Å²) < 4.78 is 7.37. The second-order valence-corrected chi connectivity index (χ2v) is 6.57. The van der Waals surface area contributed by atoms with Crippen LogP contribution < -0.4 is 4.74 Å². The molecule has 20 heavy (non-hydrogen) atoms. The monoisotopic (exact) mass is 332 g/mol. The summed E-state index contributed by atoms with van der Waals surface area (Å²) in [5, 5.41) is 2.48. The van der Waals surface area contributed by atoms with Crippen LogP contribution in [0.3, 0.4) is 0 Å². The lowest BCUT2D eigenvalue weighted by atomic mass is 9.85. The van der Waals surface area contributed by atoms with Crippen molar-refractivity contribution in [1.82, 2.24) is 0 Å². The molecule has 0 aromatic heterocycles. The van der Waals surface area contributed by atoms with Gasteiger partial charge in [0.15, 0.2) is 0 Å². The Labute approximate surface area is 129 Å². The first-order chi connectivity index (χ1) is 9.78. The first-order valence-electron chi connectivity index (χ1n) is 7.62. The summed E-state index contributed by atoms with van der Waals surface area (Å²) in [7, 11) is 0. The molecule has 0 radical (unpaired) electrons. The molecular formula is C18H21BrO. The SMILES string of the molecule is CCC1CCCC(Oc2ccc3ccccc3c2Br)C1. The van der Waals surface area contributed by atoms with Crippen LogP contribution in [0.2, 0.25) is 0 Å². The van der Waals surface area contributed by atoms with Gasteiger partial charge >= 0.3 is 0 Å². The normalized spacial score (nSPS) is 22.9. The largest absolute Gasteiger partial charge is 0.489 e. The molecule has 2 unspecified atom stereocenters. The van der Waals surface area contributed by atoms with Gasteiger partial charge in [-0.25, -0.2) is 0 Å². The second kappa shape index (κ2) is 6.17. The Balaban J connectivity index is 1.82. The lowest BCUT2D eigenvalue weighted by Gasteiger charge is -2.29. The average molecular weight is 333 g/mol. The molecule has 3 rings (SSSR count). The maximum absolute atomic E-state index is 6.28. The van der Waals surface area contributed by atoms with Crippen LogP contribution in [0, 0.1) is 5.92 Å². The van der Waals surface area contributed by atoms with Crippen LogP contribution >= 0.6 is 15.9 Å². The van der Waals surface area contributed by atoms with E-state index in [1.807, 2.05) is 0 Å². The van der Waals surface area contributed by atoms with Gasteiger partial charge in [-0.2, -0.15) is 0 Å². The van der Waals surface area contributed by atoms with Crippen molar-refractivity contribution in [2.24, 2.45) is 5.92 Å². The Morgan fingerprint density at radius 3 is 2.85 bits per heavy atom. The maximum Gasteiger partial charge on any atom is 0.134 e. The summed E-state index contributed by atoms with van der Waals surface area (Å²) in [6, 6.07) is 12.7. The average Bonchev–Trinajstić information content (AvgIpc) is 2.50. The van der Waals surface area contributed by atoms with Gasteiger partial charge in [-0.3, -0.25) is 0 Å². The molecule has 2 atom stereocenters. The van der Waals surface area contributed by atoms with Crippen molar-refractivity contribution in [3.8, 4) is 5.75 Å². The van der Waals surface area contributed by atoms with Crippen molar-refractivity contribution in [3.05, 3.63) is 40.9 Å². The van der Waals surface area contributed by atoms with Gasteiger partial charge in [0.25, 0.3) is 0 Å². The van der Waals surface area contributed by atoms with E-state index < -0.39 is 0 Å². The third-order valence-electron chi connectivity index (χ3n) is 4.43. The topological polar surface area (TPSA) is 9.23 Å². The van der Waals surface area contributed by atoms with Crippen molar-refractivity contribution in [2.45, 2.75) is 45.1 Å². The van der Waals surface area contributed by atoms with Gasteiger partial charge in [0.1, 0.15) is 5.75 Å². The Morgan fingerprint density at radius 2 is 2.00 bits per heavy atom. The number of hydrogen-bond donors (Lipinski definition) is 0. The Morgan fingerprint density at radius 1 is 1.15 bits per heavy atom. The fraction of sp³-hybridized carbons (Fsp3) is 0.444. The Hall–Kier alpha value is -1.02. The van der Waals surface area contributed by atoms with Gasteiger partial charge < -0.3 is 4.74 Å². The van der Waals surface area contributed by atoms with Gasteiger partial charge in [-0.15, -0.1) is 0 Å². The number of rotatable bonds is 3. The van der Waals surface area contributed by atoms with Crippen LogP contribution in [-0.4, -0.2) is 6.10 Å². The predicted octanol–water partition coefficient (Wildman–Crippen LogP) is 5.95. The molecule has 106 valence electrons. The van der Waals surface area contributed by atoms with Crippen LogP contribution in [0.5, 0.6) is 5.75 Å². The maximum atomic E-state index is 6.28. The molecule has 1 aliphatic carbocycles. The highest BCUT2D eigenvalue weighted by molar-refractivity contribution is 9.10. The zero-order chi connectivity index (χ0) is 13.9. The molecule has 0 saturated heterocycles. The van der Waals surface area contributed by atoms with Crippen molar-refractivity contribution in [2.75, 3.05) is 0 Å². The van der Waals surface area contributed by atoms with Gasteiger partial charge in [0.2, 0.25) is 0 Å². The molecule has 0 amide bonds. The second-order valence-electron chi connectivity index (χ2n) is 5.78. The molecule has 0 N–H and O–H groups in total. The first-order valence-corrected chi connectivity index (χ1v) is 8.41. The highest BCUT2D eigenvalue weighted by atomic mass is 79.9. The number of hydrogen-bond acceptors (Lipinski definition) is 1. The van der Waals surface area contributed by atoms with E-state index in [9.17, 15) is 0 Å². The molecule has 0 bridgehead atoms. The quantitative estimate of drug-likeness (QED) is 0.674. The van der Waals surface area contributed by atoms with Crippen molar-refractivity contribution in [3.63, 3.8) is 0 Å². The lowest BCUT2D eigenvalue weighted by Crippen LogP contribution is -2.25. The Kier molecular flexibility index (Phi) is 4.30. The fourth-order valence-corrected chi connectivity index (χ4v) is 3.79.